The summed E-state index contributed by atoms with van der Waals surface area (Å²) in [5, 5.41) is 10.3. The summed E-state index contributed by atoms with van der Waals surface area (Å²) >= 11 is 0. The van der Waals surface area contributed by atoms with E-state index < -0.39 is 5.41 Å². The molecule has 0 fully saturated rings. The lowest BCUT2D eigenvalue weighted by atomic mass is 9.53. The van der Waals surface area contributed by atoms with E-state index in [1.165, 1.54) is 16.7 Å². The lowest BCUT2D eigenvalue weighted by Gasteiger charge is -2.46. The van der Waals surface area contributed by atoms with Gasteiger partial charge in [-0.1, -0.05) is 72.8 Å². The monoisotopic (exact) mass is 279 g/mol. The summed E-state index contributed by atoms with van der Waals surface area (Å²) in [7, 11) is 0. The van der Waals surface area contributed by atoms with Crippen LogP contribution in [-0.4, -0.2) is 0 Å². The lowest BCUT2D eigenvalue weighted by Crippen LogP contribution is -2.41. The van der Waals surface area contributed by atoms with Crippen LogP contribution in [-0.2, 0) is 5.41 Å². The van der Waals surface area contributed by atoms with Crippen molar-refractivity contribution in [1.82, 2.24) is 0 Å². The lowest BCUT2D eigenvalue weighted by molar-refractivity contribution is 0.659. The molecule has 0 spiro atoms. The highest BCUT2D eigenvalue weighted by Gasteiger charge is 2.51. The minimum Gasteiger partial charge on any atom is -0.197 e. The van der Waals surface area contributed by atoms with E-state index >= 15 is 0 Å². The molecule has 3 aliphatic carbocycles. The SMILES string of the molecule is N#CC12c3ccccc3C(c3ccccc31)c1ccccc12. The van der Waals surface area contributed by atoms with Crippen LogP contribution in [0.1, 0.15) is 39.3 Å². The summed E-state index contributed by atoms with van der Waals surface area (Å²) in [5.74, 6) is 0.249. The summed E-state index contributed by atoms with van der Waals surface area (Å²) in [6.07, 6.45) is 0. The second-order valence-corrected chi connectivity index (χ2v) is 6.06. The molecule has 0 aromatic heterocycles. The van der Waals surface area contributed by atoms with Gasteiger partial charge in [-0.25, -0.2) is 0 Å². The molecule has 6 rings (SSSR count). The Hall–Kier alpha value is -2.85. The van der Waals surface area contributed by atoms with Gasteiger partial charge >= 0.3 is 0 Å². The molecule has 0 atom stereocenters. The van der Waals surface area contributed by atoms with Gasteiger partial charge in [0.05, 0.1) is 6.07 Å². The second-order valence-electron chi connectivity index (χ2n) is 6.06. The number of nitriles is 1. The molecule has 0 aliphatic heterocycles. The van der Waals surface area contributed by atoms with Crippen molar-refractivity contribution in [3.8, 4) is 6.07 Å². The Morgan fingerprint density at radius 3 is 1.36 bits per heavy atom. The molecular formula is C21H13N. The van der Waals surface area contributed by atoms with E-state index in [1.54, 1.807) is 0 Å². The van der Waals surface area contributed by atoms with Crippen molar-refractivity contribution in [3.05, 3.63) is 106 Å². The molecule has 0 N–H and O–H groups in total. The van der Waals surface area contributed by atoms with E-state index in [0.717, 1.165) is 16.7 Å². The minimum absolute atomic E-state index is 0.249. The van der Waals surface area contributed by atoms with Gasteiger partial charge in [0.1, 0.15) is 5.41 Å². The van der Waals surface area contributed by atoms with Gasteiger partial charge in [0.2, 0.25) is 0 Å². The molecule has 0 unspecified atom stereocenters. The van der Waals surface area contributed by atoms with Crippen molar-refractivity contribution >= 4 is 0 Å². The molecule has 0 amide bonds. The van der Waals surface area contributed by atoms with Crippen LogP contribution in [0.4, 0.5) is 0 Å². The van der Waals surface area contributed by atoms with E-state index in [1.807, 2.05) is 18.2 Å². The van der Waals surface area contributed by atoms with Crippen molar-refractivity contribution < 1.29 is 0 Å². The third-order valence-corrected chi connectivity index (χ3v) is 5.20. The molecule has 1 nitrogen and oxygen atoms in total. The van der Waals surface area contributed by atoms with Crippen molar-refractivity contribution in [2.45, 2.75) is 11.3 Å². The highest BCUT2D eigenvalue weighted by atomic mass is 14.5. The quantitative estimate of drug-likeness (QED) is 0.600. The van der Waals surface area contributed by atoms with Crippen molar-refractivity contribution in [2.75, 3.05) is 0 Å². The van der Waals surface area contributed by atoms with Gasteiger partial charge in [-0.3, -0.25) is 0 Å². The first kappa shape index (κ1) is 11.8. The van der Waals surface area contributed by atoms with Crippen LogP contribution in [0.2, 0.25) is 0 Å². The Morgan fingerprint density at radius 2 is 1.00 bits per heavy atom. The van der Waals surface area contributed by atoms with Crippen LogP contribution in [0.3, 0.4) is 0 Å². The first-order chi connectivity index (χ1) is 10.9. The Balaban J connectivity index is 2.03. The van der Waals surface area contributed by atoms with Gasteiger partial charge in [-0.05, 0) is 33.4 Å². The second kappa shape index (κ2) is 3.87. The van der Waals surface area contributed by atoms with E-state index in [2.05, 4.69) is 60.7 Å². The van der Waals surface area contributed by atoms with Gasteiger partial charge < -0.3 is 0 Å². The summed E-state index contributed by atoms with van der Waals surface area (Å²) < 4.78 is 0. The maximum Gasteiger partial charge on any atom is 0.133 e. The molecule has 3 aromatic rings. The van der Waals surface area contributed by atoms with Gasteiger partial charge in [-0.15, -0.1) is 0 Å². The molecular weight excluding hydrogens is 266 g/mol. The smallest absolute Gasteiger partial charge is 0.133 e. The zero-order chi connectivity index (χ0) is 14.7. The van der Waals surface area contributed by atoms with E-state index in [9.17, 15) is 5.26 Å². The maximum absolute atomic E-state index is 10.3. The normalized spacial score (nSPS) is 23.1. The third kappa shape index (κ3) is 1.12. The molecule has 0 saturated carbocycles. The minimum atomic E-state index is -0.668. The number of hydrogen-bond donors (Lipinski definition) is 0. The number of nitrogens with zero attached hydrogens (tertiary/aromatic N) is 1. The van der Waals surface area contributed by atoms with Gasteiger partial charge in [0.25, 0.3) is 0 Å². The fourth-order valence-corrected chi connectivity index (χ4v) is 4.39. The summed E-state index contributed by atoms with van der Waals surface area (Å²) in [6, 6.07) is 28.0. The van der Waals surface area contributed by atoms with E-state index in [0.29, 0.717) is 0 Å². The molecule has 102 valence electrons. The van der Waals surface area contributed by atoms with Crippen molar-refractivity contribution in [1.29, 1.82) is 5.26 Å². The van der Waals surface area contributed by atoms with Crippen LogP contribution in [0.5, 0.6) is 0 Å². The highest BCUT2D eigenvalue weighted by Crippen LogP contribution is 2.58. The van der Waals surface area contributed by atoms with Gasteiger partial charge in [-0.2, -0.15) is 5.26 Å². The first-order valence-electron chi connectivity index (χ1n) is 7.57. The number of benzene rings is 3. The van der Waals surface area contributed by atoms with Gasteiger partial charge in [0.15, 0.2) is 0 Å². The Kier molecular flexibility index (Phi) is 2.07. The molecule has 0 radical (unpaired) electrons. The first-order valence-corrected chi connectivity index (χ1v) is 7.57. The number of hydrogen-bond acceptors (Lipinski definition) is 1. The van der Waals surface area contributed by atoms with E-state index in [4.69, 9.17) is 0 Å². The molecule has 1 heteroatoms. The van der Waals surface area contributed by atoms with Crippen molar-refractivity contribution in [2.24, 2.45) is 0 Å². The van der Waals surface area contributed by atoms with E-state index in [-0.39, 0.29) is 5.92 Å². The molecule has 2 bridgehead atoms. The zero-order valence-corrected chi connectivity index (χ0v) is 12.0. The van der Waals surface area contributed by atoms with Crippen LogP contribution in [0.25, 0.3) is 0 Å². The highest BCUT2D eigenvalue weighted by molar-refractivity contribution is 5.74. The predicted octanol–water partition coefficient (Wildman–Crippen LogP) is 4.35. The fourth-order valence-electron chi connectivity index (χ4n) is 4.39. The largest absolute Gasteiger partial charge is 0.197 e. The average molecular weight is 279 g/mol. The molecule has 3 aliphatic rings. The fraction of sp³-hybridized carbons (Fsp3) is 0.0952. The zero-order valence-electron chi connectivity index (χ0n) is 12.0. The van der Waals surface area contributed by atoms with Crippen LogP contribution in [0, 0.1) is 11.3 Å². The summed E-state index contributed by atoms with van der Waals surface area (Å²) in [4.78, 5) is 0. The van der Waals surface area contributed by atoms with Crippen LogP contribution >= 0.6 is 0 Å². The van der Waals surface area contributed by atoms with Gasteiger partial charge in [0, 0.05) is 5.92 Å². The third-order valence-electron chi connectivity index (χ3n) is 5.20. The Morgan fingerprint density at radius 1 is 0.636 bits per heavy atom. The number of rotatable bonds is 0. The average Bonchev–Trinajstić information content (AvgIpc) is 2.61. The maximum atomic E-state index is 10.3. The van der Waals surface area contributed by atoms with Crippen LogP contribution in [0.15, 0.2) is 72.8 Å². The topological polar surface area (TPSA) is 23.8 Å². The molecule has 0 saturated heterocycles. The summed E-state index contributed by atoms with van der Waals surface area (Å²) in [5.41, 5.74) is 6.63. The predicted molar refractivity (Wildman–Crippen MR) is 85.8 cm³/mol. The molecule has 3 aromatic carbocycles. The van der Waals surface area contributed by atoms with Crippen LogP contribution < -0.4 is 0 Å². The van der Waals surface area contributed by atoms with Crippen molar-refractivity contribution in [3.63, 3.8) is 0 Å². The summed E-state index contributed by atoms with van der Waals surface area (Å²) in [6.45, 7) is 0. The Labute approximate surface area is 129 Å². The molecule has 22 heavy (non-hydrogen) atoms. The Bertz CT molecular complexity index is 846. The standard InChI is InChI=1S/C21H13N/c22-13-21-17-10-4-1-7-14(17)20(15-8-2-5-11-18(15)21)16-9-3-6-12-19(16)21/h1-12,20H. The molecule has 0 heterocycles.